The Balaban J connectivity index is 1.56. The third-order valence-electron chi connectivity index (χ3n) is 6.75. The Bertz CT molecular complexity index is 1200. The van der Waals surface area contributed by atoms with Crippen molar-refractivity contribution in [3.05, 3.63) is 41.7 Å². The normalized spacial score (nSPS) is 22.6. The molecule has 12 heteroatoms. The molecule has 0 radical (unpaired) electrons. The second-order valence-corrected chi connectivity index (χ2v) is 12.4. The lowest BCUT2D eigenvalue weighted by Gasteiger charge is -2.38. The highest BCUT2D eigenvalue weighted by Crippen LogP contribution is 2.37. The average molecular weight is 543 g/mol. The number of anilines is 1. The number of sulfonamides is 1. The van der Waals surface area contributed by atoms with Crippen molar-refractivity contribution >= 4 is 15.8 Å². The Kier molecular flexibility index (Phi) is 8.01. The van der Waals surface area contributed by atoms with Crippen LogP contribution in [0.4, 0.5) is 19.0 Å². The van der Waals surface area contributed by atoms with E-state index in [1.54, 1.807) is 12.1 Å². The minimum atomic E-state index is -4.75. The molecule has 2 aromatic rings. The highest BCUT2D eigenvalue weighted by molar-refractivity contribution is 7.89. The maximum Gasteiger partial charge on any atom is 0.433 e. The molecule has 2 aliphatic rings. The Morgan fingerprint density at radius 3 is 2.57 bits per heavy atom. The van der Waals surface area contributed by atoms with E-state index in [9.17, 15) is 26.7 Å². The standard InChI is InChI=1S/C25H33F3N4O4S/c1-24(2)13-17(12-18(33)14-24)32-37(34,35)20-7-8-21(25(26,27)28)31-23(20)30-15-16-9-10-29-22(11-16)36-19-5-3-4-6-19/h7-11,17-19,32-33H,3-6,12-15H2,1-2H3,(H,30,31)/t17-,18+/m1/s1. The second kappa shape index (κ2) is 10.7. The van der Waals surface area contributed by atoms with Crippen molar-refractivity contribution in [2.45, 2.75) is 94.7 Å². The SMILES string of the molecule is CC1(C)C[C@@H](O)C[C@@H](NS(=O)(=O)c2ccc(C(F)(F)F)nc2NCc2ccnc(OC3CCCC3)c2)C1. The van der Waals surface area contributed by atoms with Crippen LogP contribution in [-0.4, -0.2) is 41.7 Å². The zero-order valence-corrected chi connectivity index (χ0v) is 21.7. The number of nitrogens with zero attached hydrogens (tertiary/aromatic N) is 2. The molecule has 8 nitrogen and oxygen atoms in total. The number of hydrogen-bond acceptors (Lipinski definition) is 7. The molecule has 0 amide bonds. The van der Waals surface area contributed by atoms with Gasteiger partial charge in [0.1, 0.15) is 22.5 Å². The van der Waals surface area contributed by atoms with Crippen LogP contribution in [0.1, 0.15) is 70.1 Å². The van der Waals surface area contributed by atoms with Crippen molar-refractivity contribution in [2.75, 3.05) is 5.32 Å². The zero-order chi connectivity index (χ0) is 26.8. The summed E-state index contributed by atoms with van der Waals surface area (Å²) in [6.45, 7) is 3.88. The van der Waals surface area contributed by atoms with Gasteiger partial charge in [-0.3, -0.25) is 0 Å². The van der Waals surface area contributed by atoms with Gasteiger partial charge in [0.25, 0.3) is 0 Å². The molecule has 2 aliphatic carbocycles. The van der Waals surface area contributed by atoms with Crippen LogP contribution in [0.5, 0.6) is 5.88 Å². The van der Waals surface area contributed by atoms with E-state index < -0.39 is 44.8 Å². The molecular formula is C25H33F3N4O4S. The van der Waals surface area contributed by atoms with Crippen LogP contribution in [0.3, 0.4) is 0 Å². The highest BCUT2D eigenvalue weighted by Gasteiger charge is 2.37. The van der Waals surface area contributed by atoms with Gasteiger partial charge in [-0.05, 0) is 74.1 Å². The molecule has 4 rings (SSSR count). The van der Waals surface area contributed by atoms with E-state index in [1.807, 2.05) is 13.8 Å². The molecule has 0 unspecified atom stereocenters. The molecule has 37 heavy (non-hydrogen) atoms. The maximum absolute atomic E-state index is 13.4. The summed E-state index contributed by atoms with van der Waals surface area (Å²) in [5, 5.41) is 13.0. The largest absolute Gasteiger partial charge is 0.474 e. The van der Waals surface area contributed by atoms with Crippen LogP contribution in [0.25, 0.3) is 0 Å². The van der Waals surface area contributed by atoms with Gasteiger partial charge >= 0.3 is 6.18 Å². The van der Waals surface area contributed by atoms with E-state index in [-0.39, 0.29) is 24.5 Å². The fraction of sp³-hybridized carbons (Fsp3) is 0.600. The van der Waals surface area contributed by atoms with E-state index in [0.29, 0.717) is 30.4 Å². The van der Waals surface area contributed by atoms with Crippen LogP contribution in [0, 0.1) is 5.41 Å². The molecule has 3 N–H and O–H groups in total. The lowest BCUT2D eigenvalue weighted by atomic mass is 9.74. The molecule has 2 aromatic heterocycles. The van der Waals surface area contributed by atoms with E-state index >= 15 is 0 Å². The summed E-state index contributed by atoms with van der Waals surface area (Å²) in [5.74, 6) is 0.00389. The third-order valence-corrected chi connectivity index (χ3v) is 8.30. The van der Waals surface area contributed by atoms with Crippen LogP contribution in [-0.2, 0) is 22.7 Å². The molecule has 0 aliphatic heterocycles. The molecular weight excluding hydrogens is 509 g/mol. The first-order valence-corrected chi connectivity index (χ1v) is 13.9. The Labute approximate surface area is 215 Å². The molecule has 0 saturated heterocycles. The van der Waals surface area contributed by atoms with Gasteiger partial charge in [0.2, 0.25) is 15.9 Å². The summed E-state index contributed by atoms with van der Waals surface area (Å²) in [4.78, 5) is 7.43. The first kappa shape index (κ1) is 27.6. The summed E-state index contributed by atoms with van der Waals surface area (Å²) in [6, 6.07) is 4.34. The molecule has 2 fully saturated rings. The van der Waals surface area contributed by atoms with Gasteiger partial charge in [-0.1, -0.05) is 13.8 Å². The number of aliphatic hydroxyl groups excluding tert-OH is 1. The fourth-order valence-corrected chi connectivity index (χ4v) is 6.56. The fourth-order valence-electron chi connectivity index (χ4n) is 5.19. The van der Waals surface area contributed by atoms with Gasteiger partial charge in [0, 0.05) is 24.8 Å². The first-order valence-electron chi connectivity index (χ1n) is 12.4. The number of aromatic nitrogens is 2. The Morgan fingerprint density at radius 2 is 1.89 bits per heavy atom. The quantitative estimate of drug-likeness (QED) is 0.445. The Morgan fingerprint density at radius 1 is 1.16 bits per heavy atom. The summed E-state index contributed by atoms with van der Waals surface area (Å²) in [6.07, 6.45) is 1.53. The van der Waals surface area contributed by atoms with Crippen molar-refractivity contribution in [3.8, 4) is 5.88 Å². The van der Waals surface area contributed by atoms with Gasteiger partial charge in [0.05, 0.1) is 6.10 Å². The van der Waals surface area contributed by atoms with Gasteiger partial charge in [-0.2, -0.15) is 13.2 Å². The van der Waals surface area contributed by atoms with Crippen LogP contribution >= 0.6 is 0 Å². The summed E-state index contributed by atoms with van der Waals surface area (Å²) >= 11 is 0. The molecule has 2 heterocycles. The van der Waals surface area contributed by atoms with Gasteiger partial charge in [-0.15, -0.1) is 0 Å². The van der Waals surface area contributed by atoms with Crippen LogP contribution in [0.15, 0.2) is 35.4 Å². The van der Waals surface area contributed by atoms with Crippen LogP contribution < -0.4 is 14.8 Å². The molecule has 0 aromatic carbocycles. The predicted octanol–water partition coefficient (Wildman–Crippen LogP) is 4.65. The summed E-state index contributed by atoms with van der Waals surface area (Å²) in [5.41, 5.74) is -0.844. The summed E-state index contributed by atoms with van der Waals surface area (Å²) in [7, 11) is -4.25. The molecule has 2 saturated carbocycles. The van der Waals surface area contributed by atoms with E-state index in [1.165, 1.54) is 6.20 Å². The number of aliphatic hydroxyl groups is 1. The number of ether oxygens (including phenoxy) is 1. The van der Waals surface area contributed by atoms with Crippen molar-refractivity contribution in [3.63, 3.8) is 0 Å². The predicted molar refractivity (Wildman–Crippen MR) is 131 cm³/mol. The van der Waals surface area contributed by atoms with Crippen LogP contribution in [0.2, 0.25) is 0 Å². The van der Waals surface area contributed by atoms with Crippen molar-refractivity contribution in [1.29, 1.82) is 0 Å². The van der Waals surface area contributed by atoms with Crippen molar-refractivity contribution in [2.24, 2.45) is 5.41 Å². The lowest BCUT2D eigenvalue weighted by molar-refractivity contribution is -0.141. The summed E-state index contributed by atoms with van der Waals surface area (Å²) < 4.78 is 75.2. The number of alkyl halides is 3. The number of hydrogen-bond donors (Lipinski definition) is 3. The van der Waals surface area contributed by atoms with Crippen molar-refractivity contribution < 1.29 is 31.4 Å². The van der Waals surface area contributed by atoms with Gasteiger partial charge in [-0.25, -0.2) is 23.1 Å². The van der Waals surface area contributed by atoms with Gasteiger partial charge in [0.15, 0.2) is 0 Å². The van der Waals surface area contributed by atoms with Gasteiger partial charge < -0.3 is 15.2 Å². The highest BCUT2D eigenvalue weighted by atomic mass is 32.2. The molecule has 2 atom stereocenters. The average Bonchev–Trinajstić information content (AvgIpc) is 3.28. The number of halogens is 3. The lowest BCUT2D eigenvalue weighted by Crippen LogP contribution is -2.45. The molecule has 204 valence electrons. The maximum atomic E-state index is 13.4. The number of pyridine rings is 2. The molecule has 0 bridgehead atoms. The van der Waals surface area contributed by atoms with Crippen molar-refractivity contribution in [1.82, 2.24) is 14.7 Å². The van der Waals surface area contributed by atoms with E-state index in [0.717, 1.165) is 31.7 Å². The zero-order valence-electron chi connectivity index (χ0n) is 20.9. The second-order valence-electron chi connectivity index (χ2n) is 10.7. The Hall–Kier alpha value is -2.44. The minimum Gasteiger partial charge on any atom is -0.474 e. The smallest absolute Gasteiger partial charge is 0.433 e. The van der Waals surface area contributed by atoms with E-state index in [2.05, 4.69) is 20.0 Å². The first-order chi connectivity index (χ1) is 17.3. The van der Waals surface area contributed by atoms with E-state index in [4.69, 9.17) is 4.74 Å². The number of rotatable bonds is 8. The molecule has 0 spiro atoms. The third kappa shape index (κ3) is 7.32. The minimum absolute atomic E-state index is 0.00948. The monoisotopic (exact) mass is 542 g/mol. The topological polar surface area (TPSA) is 113 Å². The number of nitrogens with one attached hydrogen (secondary N) is 2.